The average molecular weight is 1240 g/mol. The van der Waals surface area contributed by atoms with Crippen LogP contribution in [0.5, 0.6) is 5.75 Å². The number of esters is 1. The summed E-state index contributed by atoms with van der Waals surface area (Å²) in [5, 5.41) is 23.7. The summed E-state index contributed by atoms with van der Waals surface area (Å²) in [4.78, 5) is 51.7. The lowest BCUT2D eigenvalue weighted by Crippen LogP contribution is -2.48. The molecule has 0 radical (unpaired) electrons. The second-order valence-electron chi connectivity index (χ2n) is 21.9. The number of piperidine rings is 1. The molecule has 5 aromatic rings. The minimum Gasteiger partial charge on any atom is -0.420 e. The lowest BCUT2D eigenvalue weighted by molar-refractivity contribution is -0.136. The van der Waals surface area contributed by atoms with Gasteiger partial charge in [-0.3, -0.25) is 19.3 Å². The Kier molecular flexibility index (Phi) is 26.2. The number of amides is 2. The topological polar surface area (TPSA) is 261 Å². The molecular weight excluding hydrogens is 1150 g/mol. The number of nitrogens with one attached hydrogen (secondary N) is 2. The van der Waals surface area contributed by atoms with Gasteiger partial charge in [-0.1, -0.05) is 35.5 Å². The maximum absolute atomic E-state index is 13.6. The number of aromatic nitrogens is 8. The largest absolute Gasteiger partial charge is 0.420 e. The Morgan fingerprint density at radius 1 is 0.705 bits per heavy atom. The third-order valence-corrected chi connectivity index (χ3v) is 15.7. The number of fused-ring (bicyclic) bond motifs is 2. The van der Waals surface area contributed by atoms with Gasteiger partial charge in [0.15, 0.2) is 11.6 Å². The van der Waals surface area contributed by atoms with Crippen LogP contribution in [0, 0.1) is 30.3 Å². The van der Waals surface area contributed by atoms with Crippen molar-refractivity contribution in [2.75, 3.05) is 143 Å². The number of carbonyl (C=O) groups excluding carboxylic acids is 3. The Hall–Kier alpha value is -6.60. The molecule has 0 spiro atoms. The summed E-state index contributed by atoms with van der Waals surface area (Å²) in [7, 11) is 0. The Morgan fingerprint density at radius 3 is 1.95 bits per heavy atom. The normalized spacial score (nSPS) is 18.8. The molecule has 4 aliphatic heterocycles. The monoisotopic (exact) mass is 1230 g/mol. The summed E-state index contributed by atoms with van der Waals surface area (Å²) in [6.07, 6.45) is 10.7. The molecule has 4 saturated heterocycles. The predicted octanol–water partition coefficient (Wildman–Crippen LogP) is 4.50. The van der Waals surface area contributed by atoms with E-state index in [1.54, 1.807) is 23.3 Å². The fourth-order valence-corrected chi connectivity index (χ4v) is 11.2. The van der Waals surface area contributed by atoms with E-state index >= 15 is 0 Å². The van der Waals surface area contributed by atoms with Gasteiger partial charge in [0.1, 0.15) is 23.2 Å². The zero-order valence-corrected chi connectivity index (χ0v) is 49.9. The van der Waals surface area contributed by atoms with E-state index in [9.17, 15) is 27.6 Å². The molecule has 25 nitrogen and oxygen atoms in total. The fraction of sp³-hybridized carbons (Fsp3) is 0.617. The SMILES string of the molecule is Cc1nnc(C2CN(c3ncc(C(=O)NCCOCCOCCOCCOCc4cn(CCOCCOCCOCCOCCC(=O)Oc5c(F)cc(F)cc5F)nn4)cn3)C2)n1C1CC2CCC(C1)N2CC[C@H](NC(=O)C1CCOC1)c1ccccc1. The first kappa shape index (κ1) is 65.8. The van der Waals surface area contributed by atoms with Crippen molar-refractivity contribution in [2.45, 2.75) is 95.1 Å². The highest BCUT2D eigenvalue weighted by molar-refractivity contribution is 5.93. The highest BCUT2D eigenvalue weighted by Crippen LogP contribution is 2.43. The van der Waals surface area contributed by atoms with Crippen LogP contribution in [0.4, 0.5) is 19.1 Å². The van der Waals surface area contributed by atoms with Crippen molar-refractivity contribution in [2.24, 2.45) is 5.92 Å². The Balaban J connectivity index is 0.534. The van der Waals surface area contributed by atoms with Gasteiger partial charge in [-0.05, 0) is 51.0 Å². The summed E-state index contributed by atoms with van der Waals surface area (Å²) in [6, 6.07) is 12.4. The molecule has 2 bridgehead atoms. The molecule has 2 aromatic carbocycles. The summed E-state index contributed by atoms with van der Waals surface area (Å²) < 4.78 is 98.6. The summed E-state index contributed by atoms with van der Waals surface area (Å²) in [5.41, 5.74) is 2.19. The average Bonchev–Trinajstić information content (AvgIpc) is 1.77. The highest BCUT2D eigenvalue weighted by atomic mass is 19.1. The van der Waals surface area contributed by atoms with Gasteiger partial charge in [-0.2, -0.15) is 0 Å². The zero-order valence-electron chi connectivity index (χ0n) is 49.9. The van der Waals surface area contributed by atoms with Crippen molar-refractivity contribution in [3.05, 3.63) is 107 Å². The van der Waals surface area contributed by atoms with E-state index in [-0.39, 0.29) is 62.5 Å². The molecule has 480 valence electrons. The molecule has 28 heteroatoms. The van der Waals surface area contributed by atoms with Crippen LogP contribution >= 0.6 is 0 Å². The third kappa shape index (κ3) is 20.0. The number of nitrogens with zero attached hydrogens (tertiary/aromatic N) is 10. The molecule has 2 amide bonds. The molecule has 88 heavy (non-hydrogen) atoms. The lowest BCUT2D eigenvalue weighted by atomic mass is 9.93. The predicted molar refractivity (Wildman–Crippen MR) is 309 cm³/mol. The molecule has 7 heterocycles. The number of rotatable bonds is 40. The van der Waals surface area contributed by atoms with Crippen molar-refractivity contribution in [1.82, 2.24) is 55.3 Å². The van der Waals surface area contributed by atoms with Crippen LogP contribution in [0.2, 0.25) is 0 Å². The second-order valence-corrected chi connectivity index (χ2v) is 21.9. The van der Waals surface area contributed by atoms with Gasteiger partial charge in [0.25, 0.3) is 5.91 Å². The molecule has 2 N–H and O–H groups in total. The van der Waals surface area contributed by atoms with Gasteiger partial charge < -0.3 is 67.5 Å². The van der Waals surface area contributed by atoms with E-state index in [0.717, 1.165) is 49.4 Å². The number of anilines is 1. The Labute approximate surface area is 509 Å². The lowest BCUT2D eigenvalue weighted by Gasteiger charge is -2.42. The van der Waals surface area contributed by atoms with Crippen LogP contribution in [0.15, 0.2) is 61.1 Å². The van der Waals surface area contributed by atoms with Crippen LogP contribution in [0.25, 0.3) is 0 Å². The van der Waals surface area contributed by atoms with Crippen LogP contribution in [0.3, 0.4) is 0 Å². The zero-order chi connectivity index (χ0) is 61.3. The molecular formula is C60H81F3N12O13. The maximum Gasteiger partial charge on any atom is 0.313 e. The van der Waals surface area contributed by atoms with Crippen molar-refractivity contribution in [1.29, 1.82) is 0 Å². The number of hydrogen-bond donors (Lipinski definition) is 2. The summed E-state index contributed by atoms with van der Waals surface area (Å²) >= 11 is 0. The van der Waals surface area contributed by atoms with Crippen molar-refractivity contribution in [3.63, 3.8) is 0 Å². The standard InChI is InChI=1S/C60H81F3N12O13/c1-42-68-70-57(75(42)51-33-49-7-8-50(34-51)74(49)13-9-54(43-5-3-2-4-6-43)67-59(78)44-10-15-86-40-44)46-37-72(38-46)60-65-35-45(36-66-60)58(77)64-12-17-80-20-23-83-27-28-85-29-30-87-41-48-39-73(71-69-48)14-18-81-21-24-84-26-25-82-22-19-79-16-11-55(76)88-56-52(62)31-47(61)32-53(56)63/h2-6,31-32,35-36,39,44,46,49-51,54H,7-30,33-34,37-38,40-41H2,1H3,(H,64,77)(H,67,78)/t44?,49?,50?,51?,54-/m0/s1. The number of hydrogen-bond acceptors (Lipinski definition) is 21. The summed E-state index contributed by atoms with van der Waals surface area (Å²) in [6.45, 7) is 11.5. The van der Waals surface area contributed by atoms with Crippen LogP contribution in [-0.4, -0.2) is 213 Å². The van der Waals surface area contributed by atoms with E-state index in [0.29, 0.717) is 166 Å². The minimum absolute atomic E-state index is 0.0425. The third-order valence-electron chi connectivity index (χ3n) is 15.7. The first-order valence-electron chi connectivity index (χ1n) is 30.4. The first-order chi connectivity index (χ1) is 43.1. The summed E-state index contributed by atoms with van der Waals surface area (Å²) in [5.74, 6) is -3.14. The number of ether oxygens (including phenoxy) is 10. The molecule has 3 unspecified atom stereocenters. The van der Waals surface area contributed by atoms with Crippen molar-refractivity contribution >= 4 is 23.7 Å². The van der Waals surface area contributed by atoms with Crippen molar-refractivity contribution in [3.8, 4) is 5.75 Å². The number of halogens is 3. The van der Waals surface area contributed by atoms with E-state index in [1.807, 2.05) is 18.2 Å². The van der Waals surface area contributed by atoms with Crippen LogP contribution in [-0.2, 0) is 65.4 Å². The quantitative estimate of drug-likeness (QED) is 0.0311. The fourth-order valence-electron chi connectivity index (χ4n) is 11.2. The van der Waals surface area contributed by atoms with Gasteiger partial charge in [0.05, 0.1) is 155 Å². The molecule has 0 saturated carbocycles. The first-order valence-corrected chi connectivity index (χ1v) is 30.4. The van der Waals surface area contributed by atoms with E-state index in [1.165, 1.54) is 12.8 Å². The van der Waals surface area contributed by atoms with Crippen LogP contribution in [0.1, 0.15) is 96.2 Å². The van der Waals surface area contributed by atoms with Gasteiger partial charge in [-0.15, -0.1) is 15.3 Å². The number of benzene rings is 2. The van der Waals surface area contributed by atoms with Gasteiger partial charge in [-0.25, -0.2) is 27.8 Å². The van der Waals surface area contributed by atoms with Gasteiger partial charge in [0.2, 0.25) is 17.6 Å². The molecule has 0 aliphatic carbocycles. The van der Waals surface area contributed by atoms with E-state index in [4.69, 9.17) is 47.7 Å². The molecule has 3 aromatic heterocycles. The Bertz CT molecular complexity index is 2890. The van der Waals surface area contributed by atoms with Crippen molar-refractivity contribution < 1.29 is 74.9 Å². The smallest absolute Gasteiger partial charge is 0.313 e. The second kappa shape index (κ2) is 35.0. The Morgan fingerprint density at radius 2 is 1.32 bits per heavy atom. The van der Waals surface area contributed by atoms with E-state index in [2.05, 4.69) is 74.2 Å². The number of carbonyl (C=O) groups is 3. The maximum atomic E-state index is 13.6. The van der Waals surface area contributed by atoms with Crippen LogP contribution < -0.4 is 20.3 Å². The molecule has 4 fully saturated rings. The number of aryl methyl sites for hydroxylation is 1. The molecule has 4 atom stereocenters. The minimum atomic E-state index is -1.31. The molecule has 9 rings (SSSR count). The van der Waals surface area contributed by atoms with Gasteiger partial charge in [0, 0.05) is 75.4 Å². The molecule has 4 aliphatic rings. The van der Waals surface area contributed by atoms with Gasteiger partial charge >= 0.3 is 5.97 Å². The van der Waals surface area contributed by atoms with E-state index < -0.39 is 29.2 Å². The highest BCUT2D eigenvalue weighted by Gasteiger charge is 2.44.